The van der Waals surface area contributed by atoms with Gasteiger partial charge in [-0.2, -0.15) is 0 Å². The highest BCUT2D eigenvalue weighted by Crippen LogP contribution is 2.47. The Morgan fingerprint density at radius 2 is 1.05 bits per heavy atom. The fourth-order valence-corrected chi connectivity index (χ4v) is 6.47. The van der Waals surface area contributed by atoms with Crippen LogP contribution in [0.1, 0.15) is 9.60 Å². The van der Waals surface area contributed by atoms with Crippen molar-refractivity contribution in [2.45, 2.75) is 0 Å². The van der Waals surface area contributed by atoms with Gasteiger partial charge in [0.25, 0.3) is 0 Å². The highest BCUT2D eigenvalue weighted by molar-refractivity contribution is 6.25. The van der Waals surface area contributed by atoms with Gasteiger partial charge in [0, 0.05) is 10.8 Å². The van der Waals surface area contributed by atoms with Gasteiger partial charge in [-0.1, -0.05) is 133 Å². The first-order valence-corrected chi connectivity index (χ1v) is 14.2. The fourth-order valence-electron chi connectivity index (χ4n) is 6.47. The molecule has 0 atom stereocenters. The monoisotopic (exact) mass is 553 g/mol. The standard InChI is InChI=1S/C42H26O/c1-2-12-28-25-30(24-23-27(28)11-1)29-13-9-14-31(26-29)40-32-15-3-5-17-34(32)41(35-18-6-4-16-33(35)40)37-20-10-22-39-42(37)36-19-7-8-21-38(36)43-39/h1-26H/i1D,2D,11D,12D,23D,24D,25D. The van der Waals surface area contributed by atoms with E-state index in [2.05, 4.69) is 36.4 Å². The highest BCUT2D eigenvalue weighted by atomic mass is 16.3. The molecule has 8 aromatic carbocycles. The summed E-state index contributed by atoms with van der Waals surface area (Å²) in [6.45, 7) is 0. The lowest BCUT2D eigenvalue weighted by Crippen LogP contribution is -1.91. The molecule has 9 aromatic rings. The van der Waals surface area contributed by atoms with Gasteiger partial charge in [0.1, 0.15) is 11.2 Å². The Kier molecular flexibility index (Phi) is 3.95. The first kappa shape index (κ1) is 18.0. The second-order valence-corrected chi connectivity index (χ2v) is 10.7. The Balaban J connectivity index is 1.35. The van der Waals surface area contributed by atoms with Gasteiger partial charge in [0.2, 0.25) is 0 Å². The molecule has 0 aliphatic rings. The van der Waals surface area contributed by atoms with Crippen LogP contribution in [0, 0.1) is 0 Å². The molecule has 0 aliphatic heterocycles. The molecule has 1 heterocycles. The Morgan fingerprint density at radius 3 is 1.81 bits per heavy atom. The lowest BCUT2D eigenvalue weighted by Gasteiger charge is -2.18. The molecule has 0 saturated carbocycles. The van der Waals surface area contributed by atoms with Crippen molar-refractivity contribution in [3.63, 3.8) is 0 Å². The van der Waals surface area contributed by atoms with Crippen LogP contribution in [0.3, 0.4) is 0 Å². The lowest BCUT2D eigenvalue weighted by atomic mass is 9.84. The van der Waals surface area contributed by atoms with Gasteiger partial charge in [-0.3, -0.25) is 0 Å². The number of para-hydroxylation sites is 1. The summed E-state index contributed by atoms with van der Waals surface area (Å²) in [4.78, 5) is 0. The normalized spacial score (nSPS) is 14.0. The third kappa shape index (κ3) is 3.72. The molecule has 1 aromatic heterocycles. The summed E-state index contributed by atoms with van der Waals surface area (Å²) in [5.74, 6) is 0. The summed E-state index contributed by atoms with van der Waals surface area (Å²) >= 11 is 0. The van der Waals surface area contributed by atoms with Crippen LogP contribution < -0.4 is 0 Å². The van der Waals surface area contributed by atoms with Crippen molar-refractivity contribution >= 4 is 54.3 Å². The third-order valence-electron chi connectivity index (χ3n) is 8.29. The minimum absolute atomic E-state index is 0.0569. The summed E-state index contributed by atoms with van der Waals surface area (Å²) in [5, 5.41) is 6.10. The van der Waals surface area contributed by atoms with E-state index in [1.165, 1.54) is 0 Å². The van der Waals surface area contributed by atoms with Crippen LogP contribution in [0.2, 0.25) is 0 Å². The topological polar surface area (TPSA) is 13.1 Å². The number of fused-ring (bicyclic) bond motifs is 6. The first-order chi connectivity index (χ1) is 24.3. The Hall–Kier alpha value is -5.66. The van der Waals surface area contributed by atoms with E-state index >= 15 is 0 Å². The molecule has 43 heavy (non-hydrogen) atoms. The molecule has 0 unspecified atom stereocenters. The lowest BCUT2D eigenvalue weighted by molar-refractivity contribution is 0.669. The van der Waals surface area contributed by atoms with E-state index in [0.29, 0.717) is 5.56 Å². The van der Waals surface area contributed by atoms with E-state index in [-0.39, 0.29) is 40.5 Å². The first-order valence-electron chi connectivity index (χ1n) is 17.7. The summed E-state index contributed by atoms with van der Waals surface area (Å²) in [7, 11) is 0. The van der Waals surface area contributed by atoms with Gasteiger partial charge in [-0.25, -0.2) is 0 Å². The Labute approximate surface area is 259 Å². The number of hydrogen-bond acceptors (Lipinski definition) is 1. The fraction of sp³-hybridized carbons (Fsp3) is 0. The molecule has 0 saturated heterocycles. The molecular weight excluding hydrogens is 520 g/mol. The number of rotatable bonds is 3. The molecule has 0 N–H and O–H groups in total. The number of furan rings is 1. The van der Waals surface area contributed by atoms with Crippen molar-refractivity contribution in [3.8, 4) is 33.4 Å². The zero-order valence-corrected chi connectivity index (χ0v) is 22.9. The molecule has 1 nitrogen and oxygen atoms in total. The zero-order chi connectivity index (χ0) is 34.4. The molecule has 0 radical (unpaired) electrons. The van der Waals surface area contributed by atoms with Gasteiger partial charge >= 0.3 is 0 Å². The quantitative estimate of drug-likeness (QED) is 0.198. The van der Waals surface area contributed by atoms with E-state index in [4.69, 9.17) is 14.0 Å². The van der Waals surface area contributed by atoms with Gasteiger partial charge in [0.15, 0.2) is 0 Å². The van der Waals surface area contributed by atoms with Crippen LogP contribution in [-0.4, -0.2) is 0 Å². The largest absolute Gasteiger partial charge is 0.456 e. The Morgan fingerprint density at radius 1 is 0.442 bits per heavy atom. The molecule has 0 amide bonds. The smallest absolute Gasteiger partial charge is 0.136 e. The molecule has 200 valence electrons. The molecule has 0 fully saturated rings. The van der Waals surface area contributed by atoms with Crippen molar-refractivity contribution in [1.82, 2.24) is 0 Å². The van der Waals surface area contributed by atoms with Crippen LogP contribution in [-0.2, 0) is 0 Å². The molecular formula is C42H26O. The van der Waals surface area contributed by atoms with Crippen molar-refractivity contribution < 1.29 is 14.0 Å². The second kappa shape index (κ2) is 9.44. The van der Waals surface area contributed by atoms with Crippen LogP contribution >= 0.6 is 0 Å². The van der Waals surface area contributed by atoms with Crippen molar-refractivity contribution in [1.29, 1.82) is 0 Å². The van der Waals surface area contributed by atoms with E-state index < -0.39 is 18.1 Å². The maximum Gasteiger partial charge on any atom is 0.136 e. The molecule has 9 rings (SSSR count). The maximum atomic E-state index is 9.13. The van der Waals surface area contributed by atoms with Gasteiger partial charge < -0.3 is 4.42 Å². The van der Waals surface area contributed by atoms with Gasteiger partial charge in [0.05, 0.1) is 9.60 Å². The van der Waals surface area contributed by atoms with Crippen molar-refractivity contribution in [3.05, 3.63) is 158 Å². The average Bonchev–Trinajstić information content (AvgIpc) is 3.53. The molecule has 0 aliphatic carbocycles. The summed E-state index contributed by atoms with van der Waals surface area (Å²) in [5.41, 5.74) is 6.33. The zero-order valence-electron chi connectivity index (χ0n) is 29.9. The van der Waals surface area contributed by atoms with Crippen LogP contribution in [0.4, 0.5) is 0 Å². The number of hydrogen-bond donors (Lipinski definition) is 0. The minimum atomic E-state index is -0.482. The van der Waals surface area contributed by atoms with E-state index in [1.807, 2.05) is 72.8 Å². The molecule has 1 heteroatoms. The predicted octanol–water partition coefficient (Wildman–Crippen LogP) is 12.0. The van der Waals surface area contributed by atoms with Gasteiger partial charge in [-0.05, 0) is 89.9 Å². The number of benzene rings is 8. The highest BCUT2D eigenvalue weighted by Gasteiger charge is 2.20. The van der Waals surface area contributed by atoms with E-state index in [0.717, 1.165) is 65.7 Å². The van der Waals surface area contributed by atoms with Crippen molar-refractivity contribution in [2.75, 3.05) is 0 Å². The van der Waals surface area contributed by atoms with Crippen LogP contribution in [0.15, 0.2) is 162 Å². The Bertz CT molecular complexity index is 2850. The van der Waals surface area contributed by atoms with E-state index in [1.54, 1.807) is 6.07 Å². The maximum absolute atomic E-state index is 9.13. The third-order valence-corrected chi connectivity index (χ3v) is 8.29. The molecule has 0 spiro atoms. The summed E-state index contributed by atoms with van der Waals surface area (Å²) < 4.78 is 66.5. The summed E-state index contributed by atoms with van der Waals surface area (Å²) in [6, 6.07) is 36.0. The molecule has 0 bridgehead atoms. The predicted molar refractivity (Wildman–Crippen MR) is 183 cm³/mol. The van der Waals surface area contributed by atoms with Crippen LogP contribution in [0.5, 0.6) is 0 Å². The SMILES string of the molecule is [2H]c1c([2H])c([2H])c2c([2H])c(-c3cccc(-c4c5ccccc5c(-c5cccc6oc7ccccc7c56)c5ccccc45)c3)c([2H])c([2H])c2c1[2H]. The van der Waals surface area contributed by atoms with Gasteiger partial charge in [-0.15, -0.1) is 0 Å². The van der Waals surface area contributed by atoms with Crippen LogP contribution in [0.25, 0.3) is 87.6 Å². The summed E-state index contributed by atoms with van der Waals surface area (Å²) in [6.07, 6.45) is 0. The van der Waals surface area contributed by atoms with E-state index in [9.17, 15) is 0 Å². The minimum Gasteiger partial charge on any atom is -0.456 e. The van der Waals surface area contributed by atoms with Crippen molar-refractivity contribution in [2.24, 2.45) is 0 Å². The second-order valence-electron chi connectivity index (χ2n) is 10.7. The average molecular weight is 554 g/mol.